The van der Waals surface area contributed by atoms with Gasteiger partial charge in [0, 0.05) is 48.6 Å². The Hall–Kier alpha value is -5.00. The normalized spacial score (nSPS) is 16.0. The number of halogens is 1. The average Bonchev–Trinajstić information content (AvgIpc) is 3.65. The Kier molecular flexibility index (Phi) is 7.38. The summed E-state index contributed by atoms with van der Waals surface area (Å²) in [6, 6.07) is 22.2. The summed E-state index contributed by atoms with van der Waals surface area (Å²) in [4.78, 5) is 21.0. The van der Waals surface area contributed by atoms with Crippen LogP contribution in [0.4, 0.5) is 10.1 Å². The number of carbonyl (C=O) groups excluding carboxylic acids is 1. The Morgan fingerprint density at radius 1 is 1.06 bits per heavy atom. The summed E-state index contributed by atoms with van der Waals surface area (Å²) in [5.41, 5.74) is 7.30. The number of hydrogen-bond acceptors (Lipinski definition) is 6. The van der Waals surface area contributed by atoms with Crippen molar-refractivity contribution < 1.29 is 22.0 Å². The standard InChI is InChI=1S/C38H36FN5O4S/c1-22-9-11-23(12-10-22)37-35(38(45)40-2)28-18-27(32(20-34(28)48-37)42(3)49(4,46)47)30-14-13-24-17-25(21-43-15-6-16-43)44-31-8-5-7-29(39)26(31)19-33(44)36(24)41-30/h5,7-14,18-20,25H,6,15-17,21H2,1-4H3,(H,40,45). The molecule has 8 rings (SSSR count). The molecule has 1 saturated heterocycles. The van der Waals surface area contributed by atoms with E-state index in [0.717, 1.165) is 65.9 Å². The first-order valence-electron chi connectivity index (χ1n) is 16.4. The molecule has 3 aromatic heterocycles. The van der Waals surface area contributed by atoms with Gasteiger partial charge < -0.3 is 19.2 Å². The van der Waals surface area contributed by atoms with E-state index in [1.165, 1.54) is 23.8 Å². The number of amides is 1. The topological polar surface area (TPSA) is 101 Å². The highest BCUT2D eigenvalue weighted by molar-refractivity contribution is 7.92. The first kappa shape index (κ1) is 31.3. The SMILES string of the molecule is CNC(=O)c1c(-c2ccc(C)cc2)oc2cc(N(C)S(C)(=O)=O)c(-c3ccc4c(n3)-c3cc5c(F)cccc5n3C(CN3CCC3)C4)cc12. The lowest BCUT2D eigenvalue weighted by molar-refractivity contribution is 0.0964. The number of benzene rings is 3. The minimum absolute atomic E-state index is 0.110. The lowest BCUT2D eigenvalue weighted by Crippen LogP contribution is -2.42. The van der Waals surface area contributed by atoms with Gasteiger partial charge in [-0.2, -0.15) is 0 Å². The Morgan fingerprint density at radius 2 is 1.84 bits per heavy atom. The van der Waals surface area contributed by atoms with Gasteiger partial charge in [-0.05, 0) is 68.8 Å². The molecular formula is C38H36FN5O4S. The molecule has 1 N–H and O–H groups in total. The molecule has 3 aromatic carbocycles. The van der Waals surface area contributed by atoms with Crippen molar-refractivity contribution in [1.82, 2.24) is 19.8 Å². The first-order chi connectivity index (χ1) is 23.5. The van der Waals surface area contributed by atoms with Gasteiger partial charge in [0.2, 0.25) is 10.0 Å². The summed E-state index contributed by atoms with van der Waals surface area (Å²) in [6.07, 6.45) is 3.05. The fourth-order valence-electron chi connectivity index (χ4n) is 7.20. The number of hydrogen-bond donors (Lipinski definition) is 1. The summed E-state index contributed by atoms with van der Waals surface area (Å²) in [5, 5.41) is 3.81. The number of anilines is 1. The largest absolute Gasteiger partial charge is 0.455 e. The number of rotatable bonds is 7. The molecule has 1 atom stereocenters. The summed E-state index contributed by atoms with van der Waals surface area (Å²) < 4.78 is 50.9. The number of carbonyl (C=O) groups is 1. The van der Waals surface area contributed by atoms with Gasteiger partial charge in [0.25, 0.3) is 5.91 Å². The number of aryl methyl sites for hydroxylation is 1. The molecular weight excluding hydrogens is 642 g/mol. The molecule has 0 spiro atoms. The fraction of sp³-hybridized carbons (Fsp3) is 0.263. The lowest BCUT2D eigenvalue weighted by atomic mass is 9.95. The maximum atomic E-state index is 15.2. The van der Waals surface area contributed by atoms with Crippen LogP contribution in [0.3, 0.4) is 0 Å². The monoisotopic (exact) mass is 677 g/mol. The first-order valence-corrected chi connectivity index (χ1v) is 18.2. The molecule has 11 heteroatoms. The summed E-state index contributed by atoms with van der Waals surface area (Å²) in [7, 11) is -0.653. The second-order valence-electron chi connectivity index (χ2n) is 13.1. The van der Waals surface area contributed by atoms with Crippen LogP contribution in [0.15, 0.2) is 77.2 Å². The van der Waals surface area contributed by atoms with Crippen LogP contribution < -0.4 is 9.62 Å². The molecule has 2 aliphatic heterocycles. The van der Waals surface area contributed by atoms with Crippen LogP contribution in [0.25, 0.3) is 55.8 Å². The van der Waals surface area contributed by atoms with Gasteiger partial charge in [-0.25, -0.2) is 17.8 Å². The zero-order valence-electron chi connectivity index (χ0n) is 27.7. The summed E-state index contributed by atoms with van der Waals surface area (Å²) >= 11 is 0. The molecule has 5 heterocycles. The lowest BCUT2D eigenvalue weighted by Gasteiger charge is -2.37. The highest BCUT2D eigenvalue weighted by Crippen LogP contribution is 2.44. The van der Waals surface area contributed by atoms with Crippen LogP contribution in [0.5, 0.6) is 0 Å². The highest BCUT2D eigenvalue weighted by atomic mass is 32.2. The fourth-order valence-corrected chi connectivity index (χ4v) is 7.71. The second kappa shape index (κ2) is 11.6. The minimum Gasteiger partial charge on any atom is -0.455 e. The van der Waals surface area contributed by atoms with E-state index in [4.69, 9.17) is 9.40 Å². The van der Waals surface area contributed by atoms with Crippen molar-refractivity contribution in [1.29, 1.82) is 0 Å². The molecule has 1 unspecified atom stereocenters. The van der Waals surface area contributed by atoms with Crippen molar-refractivity contribution in [2.24, 2.45) is 0 Å². The highest BCUT2D eigenvalue weighted by Gasteiger charge is 2.32. The molecule has 1 fully saturated rings. The number of furan rings is 1. The van der Waals surface area contributed by atoms with Gasteiger partial charge >= 0.3 is 0 Å². The molecule has 0 saturated carbocycles. The average molecular weight is 678 g/mol. The number of aromatic nitrogens is 2. The van der Waals surface area contributed by atoms with E-state index in [-0.39, 0.29) is 17.8 Å². The van der Waals surface area contributed by atoms with E-state index in [1.807, 2.05) is 55.5 Å². The Balaban J connectivity index is 1.35. The Bertz CT molecular complexity index is 2410. The Labute approximate surface area is 284 Å². The maximum absolute atomic E-state index is 15.2. The maximum Gasteiger partial charge on any atom is 0.255 e. The molecule has 1 amide bonds. The van der Waals surface area contributed by atoms with Crippen molar-refractivity contribution >= 4 is 43.5 Å². The molecule has 2 aliphatic rings. The predicted octanol–water partition coefficient (Wildman–Crippen LogP) is 6.79. The number of likely N-dealkylation sites (tertiary alicyclic amines) is 1. The van der Waals surface area contributed by atoms with E-state index < -0.39 is 10.0 Å². The number of pyridine rings is 1. The van der Waals surface area contributed by atoms with Crippen molar-refractivity contribution in [3.05, 3.63) is 95.3 Å². The van der Waals surface area contributed by atoms with E-state index in [9.17, 15) is 13.2 Å². The predicted molar refractivity (Wildman–Crippen MR) is 191 cm³/mol. The van der Waals surface area contributed by atoms with Gasteiger partial charge in [-0.1, -0.05) is 42.0 Å². The van der Waals surface area contributed by atoms with E-state index in [2.05, 4.69) is 14.8 Å². The third-order valence-corrected chi connectivity index (χ3v) is 11.2. The summed E-state index contributed by atoms with van der Waals surface area (Å²) in [5.74, 6) is -0.228. The minimum atomic E-state index is -3.71. The molecule has 250 valence electrons. The number of fused-ring (bicyclic) bond motifs is 6. The van der Waals surface area contributed by atoms with E-state index in [1.54, 1.807) is 25.2 Å². The third kappa shape index (κ3) is 5.19. The van der Waals surface area contributed by atoms with Gasteiger partial charge in [0.1, 0.15) is 17.2 Å². The molecule has 0 aliphatic carbocycles. The molecule has 49 heavy (non-hydrogen) atoms. The number of nitrogens with one attached hydrogen (secondary N) is 1. The second-order valence-corrected chi connectivity index (χ2v) is 15.1. The van der Waals surface area contributed by atoms with Crippen molar-refractivity contribution in [2.45, 2.75) is 25.8 Å². The van der Waals surface area contributed by atoms with Gasteiger partial charge in [0.05, 0.1) is 46.1 Å². The zero-order chi connectivity index (χ0) is 34.2. The molecule has 9 nitrogen and oxygen atoms in total. The third-order valence-electron chi connectivity index (χ3n) is 9.98. The quantitative estimate of drug-likeness (QED) is 0.200. The van der Waals surface area contributed by atoms with Crippen LogP contribution in [-0.4, -0.2) is 68.8 Å². The van der Waals surface area contributed by atoms with Crippen molar-refractivity contribution in [2.75, 3.05) is 44.3 Å². The van der Waals surface area contributed by atoms with Crippen LogP contribution in [0.1, 0.15) is 33.9 Å². The van der Waals surface area contributed by atoms with Gasteiger partial charge in [0.15, 0.2) is 0 Å². The number of sulfonamides is 1. The molecule has 0 bridgehead atoms. The molecule has 0 radical (unpaired) electrons. The van der Waals surface area contributed by atoms with Crippen LogP contribution in [0.2, 0.25) is 0 Å². The molecule has 6 aromatic rings. The zero-order valence-corrected chi connectivity index (χ0v) is 28.6. The smallest absolute Gasteiger partial charge is 0.255 e. The summed E-state index contributed by atoms with van der Waals surface area (Å²) in [6.45, 7) is 4.96. The van der Waals surface area contributed by atoms with Crippen LogP contribution in [0, 0.1) is 12.7 Å². The Morgan fingerprint density at radius 3 is 2.53 bits per heavy atom. The van der Waals surface area contributed by atoms with Crippen molar-refractivity contribution in [3.63, 3.8) is 0 Å². The van der Waals surface area contributed by atoms with Gasteiger partial charge in [-0.15, -0.1) is 0 Å². The van der Waals surface area contributed by atoms with Gasteiger partial charge in [-0.3, -0.25) is 9.10 Å². The van der Waals surface area contributed by atoms with Crippen LogP contribution in [-0.2, 0) is 16.4 Å². The number of nitrogens with zero attached hydrogens (tertiary/aromatic N) is 4. The van der Waals surface area contributed by atoms with E-state index in [0.29, 0.717) is 44.6 Å². The van der Waals surface area contributed by atoms with Crippen molar-refractivity contribution in [3.8, 4) is 34.0 Å². The van der Waals surface area contributed by atoms with E-state index >= 15 is 4.39 Å². The van der Waals surface area contributed by atoms with Crippen LogP contribution >= 0.6 is 0 Å².